The number of nitrogens with one attached hydrogen (secondary N) is 2. The summed E-state index contributed by atoms with van der Waals surface area (Å²) in [5.41, 5.74) is 2.28. The van der Waals surface area contributed by atoms with E-state index >= 15 is 0 Å². The molecule has 0 saturated carbocycles. The first-order valence-electron chi connectivity index (χ1n) is 6.18. The van der Waals surface area contributed by atoms with Gasteiger partial charge in [-0.15, -0.1) is 0 Å². The fourth-order valence-corrected chi connectivity index (χ4v) is 2.81. The number of nitrogens with two attached hydrogens (primary N) is 1. The molecular weight excluding hydrogens is 266 g/mol. The first-order valence-corrected chi connectivity index (χ1v) is 7.67. The van der Waals surface area contributed by atoms with Crippen molar-refractivity contribution < 1.29 is 8.42 Å². The van der Waals surface area contributed by atoms with Gasteiger partial charge < -0.3 is 10.3 Å². The normalized spacial score (nSPS) is 11.8. The summed E-state index contributed by atoms with van der Waals surface area (Å²) in [6, 6.07) is 3.02. The van der Waals surface area contributed by atoms with E-state index in [0.29, 0.717) is 13.1 Å². The molecule has 7 nitrogen and oxygen atoms in total. The lowest BCUT2D eigenvalue weighted by Gasteiger charge is -2.18. The fourth-order valence-electron chi connectivity index (χ4n) is 1.67. The summed E-state index contributed by atoms with van der Waals surface area (Å²) in [5.74, 6) is 5.39. The number of nitrogen functional groups attached to an aromatic ring is 1. The van der Waals surface area contributed by atoms with E-state index in [-0.39, 0.29) is 10.7 Å². The van der Waals surface area contributed by atoms with Crippen LogP contribution in [0.2, 0.25) is 0 Å². The summed E-state index contributed by atoms with van der Waals surface area (Å²) >= 11 is 0. The van der Waals surface area contributed by atoms with Gasteiger partial charge in [0.15, 0.2) is 5.82 Å². The van der Waals surface area contributed by atoms with Gasteiger partial charge in [-0.25, -0.2) is 24.0 Å². The lowest BCUT2D eigenvalue weighted by Crippen LogP contribution is -2.35. The lowest BCUT2D eigenvalue weighted by atomic mass is 10.5. The predicted octanol–water partition coefficient (Wildman–Crippen LogP) is -0.0127. The van der Waals surface area contributed by atoms with Crippen LogP contribution in [0.25, 0.3) is 0 Å². The number of nitrogens with zero attached hydrogens (tertiary/aromatic N) is 2. The van der Waals surface area contributed by atoms with Gasteiger partial charge in [-0.05, 0) is 25.2 Å². The maximum absolute atomic E-state index is 12.1. The van der Waals surface area contributed by atoms with Gasteiger partial charge in [-0.3, -0.25) is 0 Å². The molecule has 1 aromatic heterocycles. The van der Waals surface area contributed by atoms with Crippen molar-refractivity contribution in [3.05, 3.63) is 18.3 Å². The lowest BCUT2D eigenvalue weighted by molar-refractivity contribution is 0.309. The largest absolute Gasteiger partial charge is 0.307 e. The van der Waals surface area contributed by atoms with Crippen LogP contribution in [0.5, 0.6) is 0 Å². The highest BCUT2D eigenvalue weighted by atomic mass is 32.2. The van der Waals surface area contributed by atoms with Crippen molar-refractivity contribution in [1.82, 2.24) is 14.6 Å². The second-order valence-corrected chi connectivity index (χ2v) is 5.65. The number of likely N-dealkylation sites (N-methyl/N-ethyl adjacent to an activating group) is 1. The monoisotopic (exact) mass is 287 g/mol. The standard InChI is InChI=1S/C11H21N5O2S/c1-3-16(4-2)9-8-14-19(17,18)10-6-5-7-13-11(10)15-12/h5-7,14H,3-4,8-9,12H2,1-2H3,(H,13,15). The maximum Gasteiger partial charge on any atom is 0.244 e. The summed E-state index contributed by atoms with van der Waals surface area (Å²) in [4.78, 5) is 6.06. The minimum atomic E-state index is -3.60. The Morgan fingerprint density at radius 1 is 1.37 bits per heavy atom. The molecule has 1 heterocycles. The third-order valence-electron chi connectivity index (χ3n) is 2.81. The van der Waals surface area contributed by atoms with Gasteiger partial charge in [0.05, 0.1) is 0 Å². The van der Waals surface area contributed by atoms with Crippen molar-refractivity contribution >= 4 is 15.8 Å². The zero-order valence-corrected chi connectivity index (χ0v) is 12.1. The van der Waals surface area contributed by atoms with Crippen molar-refractivity contribution in [2.24, 2.45) is 5.84 Å². The van der Waals surface area contributed by atoms with Gasteiger partial charge in [-0.1, -0.05) is 13.8 Å². The molecule has 0 aromatic carbocycles. The molecule has 19 heavy (non-hydrogen) atoms. The Balaban J connectivity index is 2.71. The quantitative estimate of drug-likeness (QED) is 0.459. The van der Waals surface area contributed by atoms with Crippen LogP contribution < -0.4 is 16.0 Å². The van der Waals surface area contributed by atoms with E-state index in [4.69, 9.17) is 5.84 Å². The summed E-state index contributed by atoms with van der Waals surface area (Å²) < 4.78 is 26.8. The molecule has 0 bridgehead atoms. The highest BCUT2D eigenvalue weighted by molar-refractivity contribution is 7.89. The third-order valence-corrected chi connectivity index (χ3v) is 4.30. The van der Waals surface area contributed by atoms with Crippen LogP contribution in [-0.2, 0) is 10.0 Å². The molecule has 0 saturated heterocycles. The zero-order chi connectivity index (χ0) is 14.3. The number of sulfonamides is 1. The van der Waals surface area contributed by atoms with Crippen molar-refractivity contribution in [2.75, 3.05) is 31.6 Å². The van der Waals surface area contributed by atoms with Crippen molar-refractivity contribution in [3.8, 4) is 0 Å². The maximum atomic E-state index is 12.1. The Labute approximate surface area is 114 Å². The highest BCUT2D eigenvalue weighted by Crippen LogP contribution is 2.16. The SMILES string of the molecule is CCN(CC)CCNS(=O)(=O)c1cccnc1NN. The van der Waals surface area contributed by atoms with Crippen molar-refractivity contribution in [2.45, 2.75) is 18.7 Å². The fraction of sp³-hybridized carbons (Fsp3) is 0.545. The number of rotatable bonds is 8. The number of hydrogen-bond acceptors (Lipinski definition) is 6. The predicted molar refractivity (Wildman–Crippen MR) is 75.0 cm³/mol. The molecule has 8 heteroatoms. The molecule has 1 aromatic rings. The van der Waals surface area contributed by atoms with E-state index in [1.165, 1.54) is 12.3 Å². The van der Waals surface area contributed by atoms with Crippen LogP contribution in [0.1, 0.15) is 13.8 Å². The molecule has 0 unspecified atom stereocenters. The molecule has 0 fully saturated rings. The molecule has 0 atom stereocenters. The first kappa shape index (κ1) is 15.8. The van der Waals surface area contributed by atoms with Crippen LogP contribution in [0.3, 0.4) is 0 Å². The van der Waals surface area contributed by atoms with E-state index in [0.717, 1.165) is 13.1 Å². The Kier molecular flexibility index (Phi) is 6.16. The highest BCUT2D eigenvalue weighted by Gasteiger charge is 2.18. The van der Waals surface area contributed by atoms with Crippen LogP contribution >= 0.6 is 0 Å². The molecular formula is C11H21N5O2S. The average Bonchev–Trinajstić information content (AvgIpc) is 2.43. The van der Waals surface area contributed by atoms with Crippen molar-refractivity contribution in [3.63, 3.8) is 0 Å². The van der Waals surface area contributed by atoms with Crippen LogP contribution in [0.15, 0.2) is 23.2 Å². The minimum Gasteiger partial charge on any atom is -0.307 e. The van der Waals surface area contributed by atoms with Gasteiger partial charge in [0.1, 0.15) is 4.90 Å². The van der Waals surface area contributed by atoms with Gasteiger partial charge in [0, 0.05) is 19.3 Å². The third kappa shape index (κ3) is 4.43. The number of anilines is 1. The van der Waals surface area contributed by atoms with E-state index in [2.05, 4.69) is 20.0 Å². The number of pyridine rings is 1. The van der Waals surface area contributed by atoms with Crippen molar-refractivity contribution in [1.29, 1.82) is 0 Å². The van der Waals surface area contributed by atoms with E-state index in [1.807, 2.05) is 13.8 Å². The zero-order valence-electron chi connectivity index (χ0n) is 11.3. The van der Waals surface area contributed by atoms with Gasteiger partial charge in [0.25, 0.3) is 0 Å². The van der Waals surface area contributed by atoms with Gasteiger partial charge >= 0.3 is 0 Å². The molecule has 0 aliphatic heterocycles. The summed E-state index contributed by atoms with van der Waals surface area (Å²) in [6.45, 7) is 6.87. The Morgan fingerprint density at radius 3 is 2.63 bits per heavy atom. The Bertz CT molecular complexity index is 488. The smallest absolute Gasteiger partial charge is 0.244 e. The van der Waals surface area contributed by atoms with Crippen LogP contribution in [0.4, 0.5) is 5.82 Å². The molecule has 0 radical (unpaired) electrons. The second-order valence-electron chi connectivity index (χ2n) is 3.92. The summed E-state index contributed by atoms with van der Waals surface area (Å²) in [5, 5.41) is 0. The molecule has 108 valence electrons. The first-order chi connectivity index (χ1) is 9.05. The number of aromatic nitrogens is 1. The van der Waals surface area contributed by atoms with Gasteiger partial charge in [0.2, 0.25) is 10.0 Å². The molecule has 0 aliphatic carbocycles. The molecule has 0 amide bonds. The van der Waals surface area contributed by atoms with Crippen LogP contribution in [-0.4, -0.2) is 44.5 Å². The Hall–Kier alpha value is -1.22. The van der Waals surface area contributed by atoms with E-state index in [1.54, 1.807) is 6.07 Å². The summed E-state index contributed by atoms with van der Waals surface area (Å²) in [6.07, 6.45) is 1.48. The Morgan fingerprint density at radius 2 is 2.05 bits per heavy atom. The number of hydrogen-bond donors (Lipinski definition) is 3. The van der Waals surface area contributed by atoms with E-state index in [9.17, 15) is 8.42 Å². The molecule has 1 rings (SSSR count). The molecule has 0 spiro atoms. The second kappa shape index (κ2) is 7.39. The van der Waals surface area contributed by atoms with E-state index < -0.39 is 10.0 Å². The van der Waals surface area contributed by atoms with Gasteiger partial charge in [-0.2, -0.15) is 0 Å². The minimum absolute atomic E-state index is 0.0528. The molecule has 4 N–H and O–H groups in total. The number of hydrazine groups is 1. The van der Waals surface area contributed by atoms with Crippen LogP contribution in [0, 0.1) is 0 Å². The average molecular weight is 287 g/mol. The topological polar surface area (TPSA) is 100 Å². The molecule has 0 aliphatic rings. The summed E-state index contributed by atoms with van der Waals surface area (Å²) in [7, 11) is -3.60.